The molecule has 0 fully saturated rings. The predicted octanol–water partition coefficient (Wildman–Crippen LogP) is 2.09. The van der Waals surface area contributed by atoms with Crippen molar-refractivity contribution in [1.29, 1.82) is 0 Å². The monoisotopic (exact) mass is 283 g/mol. The lowest BCUT2D eigenvalue weighted by Crippen LogP contribution is -2.33. The molecule has 3 N–H and O–H groups in total. The largest absolute Gasteiger partial charge is 0.507 e. The molecule has 1 amide bonds. The van der Waals surface area contributed by atoms with E-state index in [1.54, 1.807) is 25.1 Å². The second-order valence-corrected chi connectivity index (χ2v) is 5.39. The fourth-order valence-electron chi connectivity index (χ4n) is 2.81. The highest BCUT2D eigenvalue weighted by atomic mass is 16.3. The number of rotatable bonds is 2. The predicted molar refractivity (Wildman–Crippen MR) is 79.2 cm³/mol. The number of carbonyl (C=O) groups excluding carboxylic acids is 1. The van der Waals surface area contributed by atoms with Crippen LogP contribution in [0.25, 0.3) is 0 Å². The highest BCUT2D eigenvalue weighted by molar-refractivity contribution is 5.97. The first-order valence-electron chi connectivity index (χ1n) is 6.93. The van der Waals surface area contributed by atoms with E-state index < -0.39 is 12.1 Å². The van der Waals surface area contributed by atoms with Gasteiger partial charge in [0.25, 0.3) is 5.91 Å². The highest BCUT2D eigenvalue weighted by Crippen LogP contribution is 2.32. The van der Waals surface area contributed by atoms with Crippen LogP contribution >= 0.6 is 0 Å². The van der Waals surface area contributed by atoms with Gasteiger partial charge in [0, 0.05) is 6.42 Å². The summed E-state index contributed by atoms with van der Waals surface area (Å²) in [5, 5.41) is 23.0. The van der Waals surface area contributed by atoms with Crippen LogP contribution in [-0.4, -0.2) is 22.2 Å². The van der Waals surface area contributed by atoms with Gasteiger partial charge in [-0.05, 0) is 29.7 Å². The number of hydrogen-bond donors (Lipinski definition) is 3. The summed E-state index contributed by atoms with van der Waals surface area (Å²) in [4.78, 5) is 12.3. The first kappa shape index (κ1) is 13.6. The van der Waals surface area contributed by atoms with Gasteiger partial charge in [0.2, 0.25) is 0 Å². The third-order valence-electron chi connectivity index (χ3n) is 3.97. The number of carbonyl (C=O) groups is 1. The lowest BCUT2D eigenvalue weighted by molar-refractivity contribution is 0.0855. The van der Waals surface area contributed by atoms with E-state index in [0.29, 0.717) is 12.0 Å². The van der Waals surface area contributed by atoms with Gasteiger partial charge in [-0.25, -0.2) is 0 Å². The molecule has 0 bridgehead atoms. The van der Waals surface area contributed by atoms with Crippen molar-refractivity contribution in [2.24, 2.45) is 0 Å². The zero-order chi connectivity index (χ0) is 15.0. The Morgan fingerprint density at radius 3 is 2.76 bits per heavy atom. The van der Waals surface area contributed by atoms with E-state index in [2.05, 4.69) is 5.32 Å². The molecule has 1 aliphatic rings. The van der Waals surface area contributed by atoms with Gasteiger partial charge in [0.1, 0.15) is 5.75 Å². The van der Waals surface area contributed by atoms with Gasteiger partial charge >= 0.3 is 0 Å². The Kier molecular flexibility index (Phi) is 3.39. The zero-order valence-corrected chi connectivity index (χ0v) is 11.7. The van der Waals surface area contributed by atoms with Crippen LogP contribution in [-0.2, 0) is 6.42 Å². The van der Waals surface area contributed by atoms with Crippen molar-refractivity contribution in [3.8, 4) is 5.75 Å². The van der Waals surface area contributed by atoms with Gasteiger partial charge in [-0.2, -0.15) is 0 Å². The number of nitrogens with one attached hydrogen (secondary N) is 1. The summed E-state index contributed by atoms with van der Waals surface area (Å²) in [6, 6.07) is 12.3. The van der Waals surface area contributed by atoms with Crippen LogP contribution in [0.2, 0.25) is 0 Å². The number of hydrogen-bond acceptors (Lipinski definition) is 3. The quantitative estimate of drug-likeness (QED) is 0.790. The van der Waals surface area contributed by atoms with Crippen molar-refractivity contribution in [3.05, 3.63) is 64.7 Å². The Balaban J connectivity index is 1.87. The third kappa shape index (κ3) is 2.38. The van der Waals surface area contributed by atoms with Crippen molar-refractivity contribution < 1.29 is 15.0 Å². The molecule has 0 spiro atoms. The molecule has 1 aliphatic carbocycles. The molecular formula is C17H17NO3. The molecule has 0 heterocycles. The Morgan fingerprint density at radius 2 is 1.95 bits per heavy atom. The number of para-hydroxylation sites is 1. The number of aliphatic hydroxyl groups excluding tert-OH is 1. The lowest BCUT2D eigenvalue weighted by Gasteiger charge is -2.18. The Hall–Kier alpha value is -2.33. The topological polar surface area (TPSA) is 69.6 Å². The normalized spacial score (nSPS) is 20.1. The molecule has 0 saturated heterocycles. The SMILES string of the molecule is Cc1cccc(C(=O)N[C@H]2c3ccccc3C[C@H]2O)c1O. The minimum Gasteiger partial charge on any atom is -0.507 e. The lowest BCUT2D eigenvalue weighted by atomic mass is 10.1. The molecule has 3 rings (SSSR count). The van der Waals surface area contributed by atoms with E-state index in [4.69, 9.17) is 0 Å². The molecule has 2 atom stereocenters. The number of phenolic OH excluding ortho intramolecular Hbond substituents is 1. The summed E-state index contributed by atoms with van der Waals surface area (Å²) in [5.41, 5.74) is 2.86. The van der Waals surface area contributed by atoms with Crippen LogP contribution in [0.1, 0.15) is 33.1 Å². The summed E-state index contributed by atoms with van der Waals surface area (Å²) in [7, 11) is 0. The molecule has 0 unspecified atom stereocenters. The Labute approximate surface area is 123 Å². The maximum absolute atomic E-state index is 12.3. The van der Waals surface area contributed by atoms with Crippen molar-refractivity contribution in [3.63, 3.8) is 0 Å². The van der Waals surface area contributed by atoms with Crippen molar-refractivity contribution in [2.75, 3.05) is 0 Å². The molecule has 4 nitrogen and oxygen atoms in total. The van der Waals surface area contributed by atoms with Crippen molar-refractivity contribution in [1.82, 2.24) is 5.32 Å². The molecule has 0 aliphatic heterocycles. The summed E-state index contributed by atoms with van der Waals surface area (Å²) < 4.78 is 0. The maximum atomic E-state index is 12.3. The molecule has 2 aromatic rings. The fraction of sp³-hybridized carbons (Fsp3) is 0.235. The molecule has 0 radical (unpaired) electrons. The molecule has 0 saturated carbocycles. The molecule has 21 heavy (non-hydrogen) atoms. The van der Waals surface area contributed by atoms with Crippen molar-refractivity contribution in [2.45, 2.75) is 25.5 Å². The standard InChI is InChI=1S/C17H17NO3/c1-10-5-4-8-13(16(10)20)17(21)18-15-12-7-3-2-6-11(12)9-14(15)19/h2-8,14-15,19-20H,9H2,1H3,(H,18,21)/t14-,15+/m1/s1. The second kappa shape index (κ2) is 5.22. The van der Waals surface area contributed by atoms with E-state index in [0.717, 1.165) is 11.1 Å². The second-order valence-electron chi connectivity index (χ2n) is 5.39. The molecule has 0 aromatic heterocycles. The number of aromatic hydroxyl groups is 1. The van der Waals surface area contributed by atoms with Crippen LogP contribution in [0.5, 0.6) is 5.75 Å². The minimum absolute atomic E-state index is 0.0178. The summed E-state index contributed by atoms with van der Waals surface area (Å²) in [6.07, 6.45) is -0.112. The van der Waals surface area contributed by atoms with Gasteiger partial charge in [-0.1, -0.05) is 36.4 Å². The Bertz CT molecular complexity index is 696. The molecule has 2 aromatic carbocycles. The van der Waals surface area contributed by atoms with E-state index in [1.807, 2.05) is 24.3 Å². The molecule has 108 valence electrons. The fourth-order valence-corrected chi connectivity index (χ4v) is 2.81. The van der Waals surface area contributed by atoms with Gasteiger partial charge in [0.05, 0.1) is 17.7 Å². The number of amides is 1. The summed E-state index contributed by atoms with van der Waals surface area (Å²) in [6.45, 7) is 1.74. The first-order chi connectivity index (χ1) is 10.1. The van der Waals surface area contributed by atoms with E-state index in [1.165, 1.54) is 0 Å². The number of aliphatic hydroxyl groups is 1. The van der Waals surface area contributed by atoms with Gasteiger partial charge < -0.3 is 15.5 Å². The number of benzene rings is 2. The third-order valence-corrected chi connectivity index (χ3v) is 3.97. The molecule has 4 heteroatoms. The smallest absolute Gasteiger partial charge is 0.255 e. The minimum atomic E-state index is -0.640. The molecular weight excluding hydrogens is 266 g/mol. The van der Waals surface area contributed by atoms with Crippen LogP contribution in [0, 0.1) is 6.92 Å². The van der Waals surface area contributed by atoms with E-state index in [-0.39, 0.29) is 17.2 Å². The van der Waals surface area contributed by atoms with Crippen LogP contribution in [0.3, 0.4) is 0 Å². The summed E-state index contributed by atoms with van der Waals surface area (Å²) >= 11 is 0. The Morgan fingerprint density at radius 1 is 1.19 bits per heavy atom. The van der Waals surface area contributed by atoms with Gasteiger partial charge in [-0.3, -0.25) is 4.79 Å². The first-order valence-corrected chi connectivity index (χ1v) is 6.93. The van der Waals surface area contributed by atoms with Crippen LogP contribution < -0.4 is 5.32 Å². The van der Waals surface area contributed by atoms with Crippen molar-refractivity contribution >= 4 is 5.91 Å². The highest BCUT2D eigenvalue weighted by Gasteiger charge is 2.32. The van der Waals surface area contributed by atoms with E-state index >= 15 is 0 Å². The maximum Gasteiger partial charge on any atom is 0.255 e. The van der Waals surface area contributed by atoms with Gasteiger partial charge in [0.15, 0.2) is 0 Å². The number of aryl methyl sites for hydroxylation is 1. The van der Waals surface area contributed by atoms with E-state index in [9.17, 15) is 15.0 Å². The van der Waals surface area contributed by atoms with Crippen LogP contribution in [0.4, 0.5) is 0 Å². The number of fused-ring (bicyclic) bond motifs is 1. The van der Waals surface area contributed by atoms with Crippen LogP contribution in [0.15, 0.2) is 42.5 Å². The zero-order valence-electron chi connectivity index (χ0n) is 11.7. The number of phenols is 1. The summed E-state index contributed by atoms with van der Waals surface area (Å²) in [5.74, 6) is -0.396. The average molecular weight is 283 g/mol. The average Bonchev–Trinajstić information content (AvgIpc) is 2.78. The van der Waals surface area contributed by atoms with Gasteiger partial charge in [-0.15, -0.1) is 0 Å².